The number of nitrogens with zero attached hydrogens (tertiary/aromatic N) is 1. The van der Waals surface area contributed by atoms with Gasteiger partial charge in [-0.05, 0) is 48.9 Å². The summed E-state index contributed by atoms with van der Waals surface area (Å²) in [6.45, 7) is 1.47. The first kappa shape index (κ1) is 14.0. The Kier molecular flexibility index (Phi) is 4.00. The van der Waals surface area contributed by atoms with Crippen molar-refractivity contribution in [3.63, 3.8) is 0 Å². The summed E-state index contributed by atoms with van der Waals surface area (Å²) in [4.78, 5) is 23.1. The molecule has 0 fully saturated rings. The summed E-state index contributed by atoms with van der Waals surface area (Å²) in [6.07, 6.45) is 1.10. The number of Topliss-reactive ketones (excluding diaryl/α,β-unsaturated/α-hetero) is 1. The maximum absolute atomic E-state index is 11.9. The predicted molar refractivity (Wildman–Crippen MR) is 74.8 cm³/mol. The second kappa shape index (κ2) is 5.71. The Hall–Kier alpha value is -2.40. The van der Waals surface area contributed by atoms with E-state index in [-0.39, 0.29) is 16.5 Å². The molecule has 102 valence electrons. The Labute approximate surface area is 120 Å². The van der Waals surface area contributed by atoms with E-state index >= 15 is 0 Å². The number of carbonyl (C=O) groups is 2. The smallest absolute Gasteiger partial charge is 0.286 e. The normalized spacial score (nSPS) is 10.1. The van der Waals surface area contributed by atoms with Crippen molar-refractivity contribution in [3.05, 3.63) is 64.1 Å². The Morgan fingerprint density at radius 2 is 1.70 bits per heavy atom. The molecule has 0 spiro atoms. The molecule has 1 amide bonds. The van der Waals surface area contributed by atoms with Crippen LogP contribution in [0.15, 0.2) is 42.6 Å². The van der Waals surface area contributed by atoms with Gasteiger partial charge in [-0.2, -0.15) is 4.73 Å². The number of anilines is 1. The quantitative estimate of drug-likeness (QED) is 0.408. The van der Waals surface area contributed by atoms with E-state index in [4.69, 9.17) is 11.6 Å². The summed E-state index contributed by atoms with van der Waals surface area (Å²) >= 11 is 5.58. The van der Waals surface area contributed by atoms with Crippen LogP contribution in [0, 0.1) is 5.21 Å². The fraction of sp³-hybridized carbons (Fsp3) is 0.0714. The maximum atomic E-state index is 11.9. The molecule has 0 aliphatic heterocycles. The lowest BCUT2D eigenvalue weighted by Crippen LogP contribution is -2.29. The van der Waals surface area contributed by atoms with E-state index in [0.29, 0.717) is 16.0 Å². The third-order valence-electron chi connectivity index (χ3n) is 2.68. The average Bonchev–Trinajstić information content (AvgIpc) is 2.42. The van der Waals surface area contributed by atoms with Crippen molar-refractivity contribution in [2.45, 2.75) is 6.92 Å². The molecule has 0 saturated carbocycles. The van der Waals surface area contributed by atoms with Crippen molar-refractivity contribution in [1.29, 1.82) is 0 Å². The molecule has 5 nitrogen and oxygen atoms in total. The highest BCUT2D eigenvalue weighted by Gasteiger charge is 2.11. The number of benzene rings is 1. The first-order valence-electron chi connectivity index (χ1n) is 5.78. The molecule has 1 aromatic carbocycles. The summed E-state index contributed by atoms with van der Waals surface area (Å²) in [5.74, 6) is -0.477. The van der Waals surface area contributed by atoms with Crippen LogP contribution >= 0.6 is 11.6 Å². The van der Waals surface area contributed by atoms with Crippen LogP contribution in [0.2, 0.25) is 5.15 Å². The molecular formula is C14H11ClN2O3. The summed E-state index contributed by atoms with van der Waals surface area (Å²) < 4.78 is 0.412. The third kappa shape index (κ3) is 3.13. The van der Waals surface area contributed by atoms with Crippen LogP contribution in [0.5, 0.6) is 0 Å². The fourth-order valence-corrected chi connectivity index (χ4v) is 1.70. The Bertz CT molecular complexity index is 669. The third-order valence-corrected chi connectivity index (χ3v) is 2.97. The van der Waals surface area contributed by atoms with Crippen molar-refractivity contribution < 1.29 is 14.3 Å². The summed E-state index contributed by atoms with van der Waals surface area (Å²) in [7, 11) is 0. The van der Waals surface area contributed by atoms with Crippen molar-refractivity contribution in [2.75, 3.05) is 5.32 Å². The van der Waals surface area contributed by atoms with Crippen LogP contribution in [0.4, 0.5) is 5.69 Å². The molecule has 0 saturated heterocycles. The van der Waals surface area contributed by atoms with Crippen LogP contribution < -0.4 is 10.0 Å². The van der Waals surface area contributed by atoms with Gasteiger partial charge in [-0.1, -0.05) is 0 Å². The lowest BCUT2D eigenvalue weighted by atomic mass is 10.1. The predicted octanol–water partition coefficient (Wildman–Crippen LogP) is 2.43. The second-order valence-corrected chi connectivity index (χ2v) is 4.54. The second-order valence-electron chi connectivity index (χ2n) is 4.15. The molecule has 2 aromatic rings. The SMILES string of the molecule is CC(=O)c1ccc(NC(=O)c2ccc(Cl)[n+]([O-])c2)cc1. The molecule has 0 radical (unpaired) electrons. The molecule has 1 aromatic heterocycles. The lowest BCUT2D eigenvalue weighted by molar-refractivity contribution is -0.603. The van der Waals surface area contributed by atoms with Gasteiger partial charge in [-0.3, -0.25) is 9.59 Å². The number of aromatic nitrogens is 1. The number of hydrogen-bond donors (Lipinski definition) is 1. The van der Waals surface area contributed by atoms with Crippen LogP contribution in [0.1, 0.15) is 27.6 Å². The number of rotatable bonds is 3. The van der Waals surface area contributed by atoms with Crippen LogP contribution in [-0.4, -0.2) is 11.7 Å². The van der Waals surface area contributed by atoms with Crippen LogP contribution in [0.25, 0.3) is 0 Å². The highest BCUT2D eigenvalue weighted by molar-refractivity contribution is 6.28. The monoisotopic (exact) mass is 290 g/mol. The molecular weight excluding hydrogens is 280 g/mol. The molecule has 0 atom stereocenters. The summed E-state index contributed by atoms with van der Waals surface area (Å²) in [6, 6.07) is 9.28. The van der Waals surface area contributed by atoms with Gasteiger partial charge < -0.3 is 10.5 Å². The number of carbonyl (C=O) groups excluding carboxylic acids is 2. The molecule has 0 bridgehead atoms. The van der Waals surface area contributed by atoms with Gasteiger partial charge in [0.15, 0.2) is 12.0 Å². The maximum Gasteiger partial charge on any atom is 0.286 e. The summed E-state index contributed by atoms with van der Waals surface area (Å²) in [5.41, 5.74) is 1.29. The van der Waals surface area contributed by atoms with Gasteiger partial charge in [0, 0.05) is 17.3 Å². The Morgan fingerprint density at radius 1 is 1.10 bits per heavy atom. The van der Waals surface area contributed by atoms with E-state index in [0.717, 1.165) is 6.20 Å². The molecule has 20 heavy (non-hydrogen) atoms. The largest absolute Gasteiger partial charge is 0.618 e. The number of hydrogen-bond acceptors (Lipinski definition) is 3. The first-order valence-corrected chi connectivity index (χ1v) is 6.16. The zero-order chi connectivity index (χ0) is 14.7. The van der Waals surface area contributed by atoms with E-state index in [1.54, 1.807) is 24.3 Å². The van der Waals surface area contributed by atoms with Gasteiger partial charge in [0.2, 0.25) is 0 Å². The molecule has 0 aliphatic carbocycles. The molecule has 1 heterocycles. The van der Waals surface area contributed by atoms with E-state index in [1.165, 1.54) is 19.1 Å². The van der Waals surface area contributed by atoms with Gasteiger partial charge in [0.05, 0.1) is 0 Å². The van der Waals surface area contributed by atoms with E-state index < -0.39 is 5.91 Å². The zero-order valence-electron chi connectivity index (χ0n) is 10.6. The molecule has 1 N–H and O–H groups in total. The van der Waals surface area contributed by atoms with E-state index in [9.17, 15) is 14.8 Å². The van der Waals surface area contributed by atoms with Gasteiger partial charge in [-0.25, -0.2) is 0 Å². The van der Waals surface area contributed by atoms with E-state index in [2.05, 4.69) is 5.32 Å². The molecule has 6 heteroatoms. The van der Waals surface area contributed by atoms with Crippen LogP contribution in [0.3, 0.4) is 0 Å². The van der Waals surface area contributed by atoms with Gasteiger partial charge >= 0.3 is 0 Å². The lowest BCUT2D eigenvalue weighted by Gasteiger charge is -2.06. The highest BCUT2D eigenvalue weighted by atomic mass is 35.5. The number of ketones is 1. The van der Waals surface area contributed by atoms with Gasteiger partial charge in [0.25, 0.3) is 11.1 Å². The van der Waals surface area contributed by atoms with Gasteiger partial charge in [0.1, 0.15) is 5.56 Å². The first-order chi connectivity index (χ1) is 9.47. The van der Waals surface area contributed by atoms with E-state index in [1.807, 2.05) is 0 Å². The average molecular weight is 291 g/mol. The number of pyridine rings is 1. The number of halogens is 1. The van der Waals surface area contributed by atoms with Crippen molar-refractivity contribution in [3.8, 4) is 0 Å². The minimum atomic E-state index is -0.429. The van der Waals surface area contributed by atoms with Crippen LogP contribution in [-0.2, 0) is 0 Å². The standard InChI is InChI=1S/C14H11ClN2O3/c1-9(18)10-2-5-12(6-3-10)16-14(19)11-4-7-13(15)17(20)8-11/h2-8H,1H3,(H,16,19). The Morgan fingerprint density at radius 3 is 2.25 bits per heavy atom. The minimum Gasteiger partial charge on any atom is -0.618 e. The topological polar surface area (TPSA) is 73.1 Å². The molecule has 0 unspecified atom stereocenters. The zero-order valence-corrected chi connectivity index (χ0v) is 11.3. The Balaban J connectivity index is 2.14. The van der Waals surface area contributed by atoms with Crippen molar-refractivity contribution >= 4 is 29.0 Å². The number of nitrogens with one attached hydrogen (secondary N) is 1. The highest BCUT2D eigenvalue weighted by Crippen LogP contribution is 2.12. The van der Waals surface area contributed by atoms with Gasteiger partial charge in [-0.15, -0.1) is 0 Å². The summed E-state index contributed by atoms with van der Waals surface area (Å²) in [5, 5.41) is 13.9. The number of amides is 1. The van der Waals surface area contributed by atoms with Crippen molar-refractivity contribution in [2.24, 2.45) is 0 Å². The fourth-order valence-electron chi connectivity index (χ4n) is 1.59. The molecule has 0 aliphatic rings. The molecule has 2 rings (SSSR count). The van der Waals surface area contributed by atoms with Crippen molar-refractivity contribution in [1.82, 2.24) is 0 Å². The minimum absolute atomic E-state index is 0.00707.